The molecule has 0 bridgehead atoms. The number of hydrogen-bond acceptors (Lipinski definition) is 7. The van der Waals surface area contributed by atoms with Crippen molar-refractivity contribution in [2.24, 2.45) is 7.05 Å². The molecule has 0 aliphatic rings. The van der Waals surface area contributed by atoms with E-state index in [2.05, 4.69) is 15.5 Å². The van der Waals surface area contributed by atoms with Crippen LogP contribution in [0.4, 0.5) is 10.1 Å². The third-order valence-electron chi connectivity index (χ3n) is 4.04. The Hall–Kier alpha value is -2.92. The fourth-order valence-electron chi connectivity index (χ4n) is 2.49. The van der Waals surface area contributed by atoms with Gasteiger partial charge in [-0.1, -0.05) is 18.2 Å². The number of aromatic nitrogens is 3. The summed E-state index contributed by atoms with van der Waals surface area (Å²) in [6, 6.07) is 10.9. The monoisotopic (exact) mass is 447 g/mol. The molecule has 30 heavy (non-hydrogen) atoms. The van der Waals surface area contributed by atoms with Crippen LogP contribution in [-0.4, -0.2) is 37.9 Å². The molecule has 1 heterocycles. The van der Waals surface area contributed by atoms with Crippen molar-refractivity contribution < 1.29 is 14.1 Å². The van der Waals surface area contributed by atoms with Gasteiger partial charge in [-0.05, 0) is 35.5 Å². The molecule has 3 rings (SSSR count). The number of thioether (sulfide) groups is 1. The average molecular weight is 448 g/mol. The number of nitro groups is 1. The minimum absolute atomic E-state index is 0.176. The summed E-state index contributed by atoms with van der Waals surface area (Å²) in [6.07, 6.45) is 1.50. The highest BCUT2D eigenvalue weighted by Crippen LogP contribution is 2.34. The molecular formula is C19H18FN5O3S2. The average Bonchev–Trinajstić information content (AvgIpc) is 3.13. The molecule has 0 spiro atoms. The predicted molar refractivity (Wildman–Crippen MR) is 113 cm³/mol. The number of nitro benzene ring substituents is 1. The number of benzene rings is 2. The van der Waals surface area contributed by atoms with Gasteiger partial charge in [0.05, 0.1) is 9.82 Å². The highest BCUT2D eigenvalue weighted by molar-refractivity contribution is 7.99. The van der Waals surface area contributed by atoms with Crippen molar-refractivity contribution in [3.05, 3.63) is 75.9 Å². The molecule has 0 saturated heterocycles. The molecule has 0 unspecified atom stereocenters. The summed E-state index contributed by atoms with van der Waals surface area (Å²) in [4.78, 5) is 23.6. The van der Waals surface area contributed by atoms with E-state index in [-0.39, 0.29) is 17.1 Å². The van der Waals surface area contributed by atoms with Gasteiger partial charge in [0.1, 0.15) is 12.1 Å². The third-order valence-corrected chi connectivity index (χ3v) is 6.16. The van der Waals surface area contributed by atoms with Crippen LogP contribution in [0.1, 0.15) is 15.9 Å². The lowest BCUT2D eigenvalue weighted by atomic mass is 10.2. The molecule has 0 fully saturated rings. The molecule has 0 aliphatic carbocycles. The maximum absolute atomic E-state index is 13.6. The summed E-state index contributed by atoms with van der Waals surface area (Å²) in [5, 5.41) is 22.3. The van der Waals surface area contributed by atoms with Gasteiger partial charge in [-0.25, -0.2) is 4.39 Å². The number of rotatable bonds is 9. The number of hydrogen-bond donors (Lipinski definition) is 1. The molecule has 1 amide bonds. The van der Waals surface area contributed by atoms with E-state index in [0.717, 1.165) is 11.8 Å². The van der Waals surface area contributed by atoms with Gasteiger partial charge in [0.15, 0.2) is 5.16 Å². The topological polar surface area (TPSA) is 103 Å². The Balaban J connectivity index is 1.56. The first kappa shape index (κ1) is 21.8. The van der Waals surface area contributed by atoms with Crippen molar-refractivity contribution in [1.29, 1.82) is 0 Å². The zero-order valence-corrected chi connectivity index (χ0v) is 17.6. The normalized spacial score (nSPS) is 10.7. The highest BCUT2D eigenvalue weighted by Gasteiger charge is 2.20. The van der Waals surface area contributed by atoms with E-state index in [9.17, 15) is 19.3 Å². The molecule has 156 valence electrons. The van der Waals surface area contributed by atoms with Crippen LogP contribution in [0.3, 0.4) is 0 Å². The molecule has 0 aliphatic heterocycles. The summed E-state index contributed by atoms with van der Waals surface area (Å²) in [5.41, 5.74) is 0.633. The van der Waals surface area contributed by atoms with Crippen LogP contribution in [-0.2, 0) is 12.8 Å². The molecule has 8 nitrogen and oxygen atoms in total. The molecule has 11 heteroatoms. The highest BCUT2D eigenvalue weighted by atomic mass is 32.2. The van der Waals surface area contributed by atoms with Crippen molar-refractivity contribution in [3.8, 4) is 0 Å². The Morgan fingerprint density at radius 1 is 1.30 bits per heavy atom. The van der Waals surface area contributed by atoms with Crippen molar-refractivity contribution in [2.75, 3.05) is 12.3 Å². The van der Waals surface area contributed by atoms with Crippen molar-refractivity contribution in [3.63, 3.8) is 0 Å². The van der Waals surface area contributed by atoms with Gasteiger partial charge in [-0.2, -0.15) is 11.8 Å². The summed E-state index contributed by atoms with van der Waals surface area (Å²) >= 11 is 2.59. The Kier molecular flexibility index (Phi) is 7.41. The lowest BCUT2D eigenvalue weighted by Gasteiger charge is -2.07. The molecule has 1 N–H and O–H groups in total. The van der Waals surface area contributed by atoms with E-state index in [0.29, 0.717) is 33.7 Å². The molecule has 1 aromatic heterocycles. The Labute approximate surface area is 180 Å². The smallest absolute Gasteiger partial charge is 0.284 e. The van der Waals surface area contributed by atoms with E-state index < -0.39 is 10.8 Å². The van der Waals surface area contributed by atoms with Crippen molar-refractivity contribution in [2.45, 2.75) is 15.8 Å². The maximum atomic E-state index is 13.6. The van der Waals surface area contributed by atoms with Crippen LogP contribution in [0, 0.1) is 15.9 Å². The van der Waals surface area contributed by atoms with Gasteiger partial charge in [-0.15, -0.1) is 10.2 Å². The number of aryl methyl sites for hydroxylation is 1. The van der Waals surface area contributed by atoms with Gasteiger partial charge >= 0.3 is 0 Å². The van der Waals surface area contributed by atoms with E-state index in [1.165, 1.54) is 42.4 Å². The molecule has 3 aromatic rings. The molecule has 2 aromatic carbocycles. The summed E-state index contributed by atoms with van der Waals surface area (Å²) < 4.78 is 15.2. The van der Waals surface area contributed by atoms with Crippen LogP contribution in [0.25, 0.3) is 0 Å². The number of carbonyl (C=O) groups excluding carboxylic acids is 1. The second kappa shape index (κ2) is 10.2. The van der Waals surface area contributed by atoms with E-state index in [1.807, 2.05) is 0 Å². The standard InChI is InChI=1S/C19H18FN5O3S2/c1-24-12-22-23-19(24)30-17-7-6-13(10-16(17)25(27)28)18(26)21-8-9-29-11-14-4-2-3-5-15(14)20/h2-7,10,12H,8-9,11H2,1H3,(H,21,26). The first-order valence-electron chi connectivity index (χ1n) is 8.85. The predicted octanol–water partition coefficient (Wildman–Crippen LogP) is 3.68. The largest absolute Gasteiger partial charge is 0.351 e. The minimum atomic E-state index is -0.528. The van der Waals surface area contributed by atoms with Gasteiger partial charge in [0.25, 0.3) is 11.6 Å². The molecule has 0 atom stereocenters. The summed E-state index contributed by atoms with van der Waals surface area (Å²) in [6.45, 7) is 0.362. The Bertz CT molecular complexity index is 1060. The van der Waals surface area contributed by atoms with Gasteiger partial charge in [0.2, 0.25) is 0 Å². The van der Waals surface area contributed by atoms with Crippen LogP contribution >= 0.6 is 23.5 Å². The van der Waals surface area contributed by atoms with Gasteiger partial charge < -0.3 is 9.88 Å². The second-order valence-electron chi connectivity index (χ2n) is 6.17. The molecule has 0 saturated carbocycles. The number of amides is 1. The van der Waals surface area contributed by atoms with Crippen LogP contribution in [0.5, 0.6) is 0 Å². The van der Waals surface area contributed by atoms with Crippen LogP contribution < -0.4 is 5.32 Å². The van der Waals surface area contributed by atoms with Crippen LogP contribution in [0.2, 0.25) is 0 Å². The van der Waals surface area contributed by atoms with E-state index in [4.69, 9.17) is 0 Å². The first-order valence-corrected chi connectivity index (χ1v) is 10.8. The van der Waals surface area contributed by atoms with Gasteiger partial charge in [0, 0.05) is 36.7 Å². The third kappa shape index (κ3) is 5.57. The molecule has 0 radical (unpaired) electrons. The first-order chi connectivity index (χ1) is 14.5. The summed E-state index contributed by atoms with van der Waals surface area (Å²) in [5.74, 6) is 0.435. The SMILES string of the molecule is Cn1cnnc1Sc1ccc(C(=O)NCCSCc2ccccc2F)cc1[N+](=O)[O-]. The fourth-order valence-corrected chi connectivity index (χ4v) is 4.18. The van der Waals surface area contributed by atoms with Gasteiger partial charge in [-0.3, -0.25) is 14.9 Å². The number of nitrogens with one attached hydrogen (secondary N) is 1. The zero-order chi connectivity index (χ0) is 21.5. The van der Waals surface area contributed by atoms with Crippen molar-refractivity contribution in [1.82, 2.24) is 20.1 Å². The number of halogens is 1. The van der Waals surface area contributed by atoms with E-state index in [1.54, 1.807) is 29.8 Å². The fraction of sp³-hybridized carbons (Fsp3) is 0.211. The maximum Gasteiger partial charge on any atom is 0.284 e. The Morgan fingerprint density at radius 3 is 2.80 bits per heavy atom. The summed E-state index contributed by atoms with van der Waals surface area (Å²) in [7, 11) is 1.74. The Morgan fingerprint density at radius 2 is 2.10 bits per heavy atom. The lowest BCUT2D eigenvalue weighted by molar-refractivity contribution is -0.387. The van der Waals surface area contributed by atoms with E-state index >= 15 is 0 Å². The molecular weight excluding hydrogens is 429 g/mol. The lowest BCUT2D eigenvalue weighted by Crippen LogP contribution is -2.25. The second-order valence-corrected chi connectivity index (χ2v) is 8.28. The minimum Gasteiger partial charge on any atom is -0.351 e. The number of nitrogens with zero attached hydrogens (tertiary/aromatic N) is 4. The quantitative estimate of drug-likeness (QED) is 0.303. The van der Waals surface area contributed by atoms with Crippen molar-refractivity contribution >= 4 is 35.1 Å². The van der Waals surface area contributed by atoms with Crippen LogP contribution in [0.15, 0.2) is 58.8 Å². The number of carbonyl (C=O) groups is 1. The zero-order valence-electron chi connectivity index (χ0n) is 15.9.